The van der Waals surface area contributed by atoms with Gasteiger partial charge >= 0.3 is 0 Å². The lowest BCUT2D eigenvalue weighted by Gasteiger charge is -2.21. The number of aryl methyl sites for hydroxylation is 1. The molecule has 4 rings (SSSR count). The smallest absolute Gasteiger partial charge is 0.243 e. The second-order valence-corrected chi connectivity index (χ2v) is 10.3. The summed E-state index contributed by atoms with van der Waals surface area (Å²) in [6.45, 7) is 2.55. The van der Waals surface area contributed by atoms with Crippen molar-refractivity contribution in [1.82, 2.24) is 9.29 Å². The first-order chi connectivity index (χ1) is 13.9. The van der Waals surface area contributed by atoms with Gasteiger partial charge in [0.1, 0.15) is 17.4 Å². The number of halogens is 1. The highest BCUT2D eigenvalue weighted by molar-refractivity contribution is 7.89. The molecule has 1 aliphatic rings. The van der Waals surface area contributed by atoms with Gasteiger partial charge in [0.05, 0.1) is 17.1 Å². The highest BCUT2D eigenvalue weighted by Gasteiger charge is 2.38. The highest BCUT2D eigenvalue weighted by atomic mass is 35.5. The molecule has 0 spiro atoms. The molecule has 0 N–H and O–H groups in total. The number of sulfonamides is 1. The predicted molar refractivity (Wildman–Crippen MR) is 115 cm³/mol. The molecule has 1 saturated carbocycles. The van der Waals surface area contributed by atoms with Crippen LogP contribution in [0.4, 0.5) is 0 Å². The zero-order valence-electron chi connectivity index (χ0n) is 15.9. The number of rotatable bonds is 8. The Morgan fingerprint density at radius 2 is 1.83 bits per heavy atom. The molecule has 3 aromatic rings. The minimum absolute atomic E-state index is 0.0526. The highest BCUT2D eigenvalue weighted by Crippen LogP contribution is 2.33. The van der Waals surface area contributed by atoms with E-state index in [2.05, 4.69) is 4.98 Å². The Morgan fingerprint density at radius 1 is 1.14 bits per heavy atom. The van der Waals surface area contributed by atoms with Crippen molar-refractivity contribution < 1.29 is 13.2 Å². The van der Waals surface area contributed by atoms with Crippen LogP contribution in [0.2, 0.25) is 5.02 Å². The van der Waals surface area contributed by atoms with Gasteiger partial charge < -0.3 is 4.74 Å². The first kappa shape index (κ1) is 20.3. The van der Waals surface area contributed by atoms with Crippen LogP contribution in [0.1, 0.15) is 29.1 Å². The maximum atomic E-state index is 13.1. The van der Waals surface area contributed by atoms with Crippen LogP contribution in [-0.4, -0.2) is 23.7 Å². The van der Waals surface area contributed by atoms with Gasteiger partial charge in [0, 0.05) is 16.4 Å². The molecule has 1 heterocycles. The standard InChI is InChI=1S/C21H21ClN2O3S2/c1-15-2-10-20(11-3-15)29(25,26)24(18-6-7-18)12-17-14-28-21(23-17)13-27-19-8-4-16(22)5-9-19/h2-5,8-11,14,18H,6-7,12-13H2,1H3. The third-order valence-electron chi connectivity index (χ3n) is 4.67. The second-order valence-electron chi connectivity index (χ2n) is 7.07. The minimum Gasteiger partial charge on any atom is -0.486 e. The van der Waals surface area contributed by atoms with E-state index in [1.807, 2.05) is 24.4 Å². The summed E-state index contributed by atoms with van der Waals surface area (Å²) in [5, 5.41) is 3.36. The minimum atomic E-state index is -3.55. The normalized spacial score (nSPS) is 14.3. The van der Waals surface area contributed by atoms with E-state index >= 15 is 0 Å². The fourth-order valence-electron chi connectivity index (χ4n) is 2.94. The monoisotopic (exact) mass is 448 g/mol. The molecule has 1 aromatic heterocycles. The summed E-state index contributed by atoms with van der Waals surface area (Å²) < 4.78 is 33.6. The van der Waals surface area contributed by atoms with Crippen LogP contribution < -0.4 is 4.74 Å². The largest absolute Gasteiger partial charge is 0.486 e. The summed E-state index contributed by atoms with van der Waals surface area (Å²) in [4.78, 5) is 4.91. The van der Waals surface area contributed by atoms with E-state index in [9.17, 15) is 8.42 Å². The van der Waals surface area contributed by atoms with Crippen LogP contribution in [0.3, 0.4) is 0 Å². The molecule has 0 aliphatic heterocycles. The molecule has 0 radical (unpaired) electrons. The van der Waals surface area contributed by atoms with Crippen molar-refractivity contribution in [3.05, 3.63) is 75.2 Å². The molecule has 8 heteroatoms. The molecule has 2 aromatic carbocycles. The van der Waals surface area contributed by atoms with Crippen molar-refractivity contribution in [2.45, 2.75) is 43.9 Å². The van der Waals surface area contributed by atoms with Crippen molar-refractivity contribution in [2.24, 2.45) is 0 Å². The number of hydrogen-bond acceptors (Lipinski definition) is 5. The third-order valence-corrected chi connectivity index (χ3v) is 7.71. The summed E-state index contributed by atoms with van der Waals surface area (Å²) in [7, 11) is -3.55. The number of benzene rings is 2. The molecular weight excluding hydrogens is 428 g/mol. The average Bonchev–Trinajstić information content (AvgIpc) is 3.44. The Kier molecular flexibility index (Phi) is 5.92. The number of hydrogen-bond donors (Lipinski definition) is 0. The first-order valence-corrected chi connectivity index (χ1v) is 12.0. The summed E-state index contributed by atoms with van der Waals surface area (Å²) in [5.74, 6) is 0.715. The van der Waals surface area contributed by atoms with E-state index in [0.717, 1.165) is 29.1 Å². The zero-order chi connectivity index (χ0) is 20.4. The number of thiazole rings is 1. The van der Waals surface area contributed by atoms with Crippen LogP contribution >= 0.6 is 22.9 Å². The van der Waals surface area contributed by atoms with Crippen LogP contribution in [0.5, 0.6) is 5.75 Å². The maximum Gasteiger partial charge on any atom is 0.243 e. The van der Waals surface area contributed by atoms with Gasteiger partial charge in [-0.15, -0.1) is 11.3 Å². The van der Waals surface area contributed by atoms with Crippen molar-refractivity contribution in [3.63, 3.8) is 0 Å². The number of ether oxygens (including phenoxy) is 1. The van der Waals surface area contributed by atoms with E-state index in [-0.39, 0.29) is 12.6 Å². The molecule has 152 valence electrons. The average molecular weight is 449 g/mol. The van der Waals surface area contributed by atoms with E-state index < -0.39 is 10.0 Å². The molecule has 29 heavy (non-hydrogen) atoms. The van der Waals surface area contributed by atoms with Gasteiger partial charge in [0.15, 0.2) is 0 Å². The zero-order valence-corrected chi connectivity index (χ0v) is 18.3. The third kappa shape index (κ3) is 4.98. The van der Waals surface area contributed by atoms with Crippen LogP contribution in [0.15, 0.2) is 58.8 Å². The Balaban J connectivity index is 1.45. The van der Waals surface area contributed by atoms with E-state index in [1.165, 1.54) is 11.3 Å². The van der Waals surface area contributed by atoms with E-state index in [1.54, 1.807) is 40.7 Å². The van der Waals surface area contributed by atoms with Gasteiger partial charge in [0.2, 0.25) is 10.0 Å². The summed E-state index contributed by atoms with van der Waals surface area (Å²) in [6, 6.07) is 14.2. The van der Waals surface area contributed by atoms with Gasteiger partial charge in [-0.1, -0.05) is 29.3 Å². The number of aromatic nitrogens is 1. The summed E-state index contributed by atoms with van der Waals surface area (Å²) >= 11 is 7.35. The molecule has 0 amide bonds. The van der Waals surface area contributed by atoms with Crippen LogP contribution in [0.25, 0.3) is 0 Å². The van der Waals surface area contributed by atoms with E-state index in [4.69, 9.17) is 16.3 Å². The number of nitrogens with zero attached hydrogens (tertiary/aromatic N) is 2. The van der Waals surface area contributed by atoms with Gasteiger partial charge in [-0.2, -0.15) is 4.31 Å². The summed E-state index contributed by atoms with van der Waals surface area (Å²) in [6.07, 6.45) is 1.78. The van der Waals surface area contributed by atoms with Crippen molar-refractivity contribution in [3.8, 4) is 5.75 Å². The van der Waals surface area contributed by atoms with Crippen molar-refractivity contribution >= 4 is 33.0 Å². The van der Waals surface area contributed by atoms with Gasteiger partial charge in [0.25, 0.3) is 0 Å². The van der Waals surface area contributed by atoms with Gasteiger partial charge in [-0.25, -0.2) is 13.4 Å². The first-order valence-electron chi connectivity index (χ1n) is 9.32. The lowest BCUT2D eigenvalue weighted by molar-refractivity contribution is 0.305. The molecule has 1 aliphatic carbocycles. The fraction of sp³-hybridized carbons (Fsp3) is 0.286. The Bertz CT molecular complexity index is 1080. The molecule has 1 fully saturated rings. The van der Waals surface area contributed by atoms with Crippen LogP contribution in [0, 0.1) is 6.92 Å². The lowest BCUT2D eigenvalue weighted by Crippen LogP contribution is -2.32. The van der Waals surface area contributed by atoms with Crippen LogP contribution in [-0.2, 0) is 23.2 Å². The molecule has 0 saturated heterocycles. The Labute approximate surface area is 180 Å². The van der Waals surface area contributed by atoms with Crippen molar-refractivity contribution in [2.75, 3.05) is 0 Å². The molecule has 5 nitrogen and oxygen atoms in total. The molecular formula is C21H21ClN2O3S2. The van der Waals surface area contributed by atoms with E-state index in [0.29, 0.717) is 22.3 Å². The van der Waals surface area contributed by atoms with Gasteiger partial charge in [-0.05, 0) is 56.2 Å². The molecule has 0 unspecified atom stereocenters. The quantitative estimate of drug-likeness (QED) is 0.484. The fourth-order valence-corrected chi connectivity index (χ4v) is 5.42. The SMILES string of the molecule is Cc1ccc(S(=O)(=O)N(Cc2csc(COc3ccc(Cl)cc3)n2)C2CC2)cc1. The lowest BCUT2D eigenvalue weighted by atomic mass is 10.2. The Morgan fingerprint density at radius 3 is 2.48 bits per heavy atom. The summed E-state index contributed by atoms with van der Waals surface area (Å²) in [5.41, 5.74) is 1.78. The van der Waals surface area contributed by atoms with Crippen molar-refractivity contribution in [1.29, 1.82) is 0 Å². The molecule has 0 bridgehead atoms. The Hall–Kier alpha value is -1.93. The maximum absolute atomic E-state index is 13.1. The second kappa shape index (κ2) is 8.44. The topological polar surface area (TPSA) is 59.5 Å². The van der Waals surface area contributed by atoms with Gasteiger partial charge in [-0.3, -0.25) is 0 Å². The molecule has 0 atom stereocenters. The predicted octanol–water partition coefficient (Wildman–Crippen LogP) is 5.04.